The van der Waals surface area contributed by atoms with E-state index < -0.39 is 6.09 Å². The Morgan fingerprint density at radius 2 is 1.92 bits per heavy atom. The minimum atomic E-state index is -1.13. The van der Waals surface area contributed by atoms with Gasteiger partial charge in [-0.05, 0) is 6.92 Å². The Bertz CT molecular complexity index is 304. The fourth-order valence-electron chi connectivity index (χ4n) is 1.26. The maximum absolute atomic E-state index is 10.8. The van der Waals surface area contributed by atoms with Gasteiger partial charge in [-0.1, -0.05) is 0 Å². The fourth-order valence-corrected chi connectivity index (χ4v) is 1.26. The van der Waals surface area contributed by atoms with Crippen molar-refractivity contribution in [3.63, 3.8) is 0 Å². The highest BCUT2D eigenvalue weighted by molar-refractivity contribution is 5.85. The van der Waals surface area contributed by atoms with Gasteiger partial charge in [-0.25, -0.2) is 4.48 Å². The maximum Gasteiger partial charge on any atom is 0.268 e. The lowest BCUT2D eigenvalue weighted by molar-refractivity contribution is -0.730. The second-order valence-corrected chi connectivity index (χ2v) is 3.10. The summed E-state index contributed by atoms with van der Waals surface area (Å²) in [7, 11) is 1.57. The van der Waals surface area contributed by atoms with Gasteiger partial charge in [-0.15, -0.1) is 0 Å². The highest BCUT2D eigenvalue weighted by Gasteiger charge is 2.37. The average Bonchev–Trinajstić information content (AvgIpc) is 2.16. The van der Waals surface area contributed by atoms with E-state index in [1.165, 1.54) is 0 Å². The molecule has 4 heteroatoms. The molecule has 0 bridgehead atoms. The number of quaternary nitrogens is 1. The second-order valence-electron chi connectivity index (χ2n) is 3.10. The van der Waals surface area contributed by atoms with Crippen LogP contribution in [0.15, 0.2) is 16.4 Å². The summed E-state index contributed by atoms with van der Waals surface area (Å²) in [6.45, 7) is 5.24. The lowest BCUT2D eigenvalue weighted by Gasteiger charge is -2.28. The van der Waals surface area contributed by atoms with E-state index in [0.29, 0.717) is 11.5 Å². The molecule has 0 radical (unpaired) electrons. The van der Waals surface area contributed by atoms with Crippen molar-refractivity contribution in [1.29, 1.82) is 0 Å². The van der Waals surface area contributed by atoms with Gasteiger partial charge >= 0.3 is 0 Å². The van der Waals surface area contributed by atoms with E-state index in [1.54, 1.807) is 27.8 Å². The van der Waals surface area contributed by atoms with Crippen LogP contribution >= 0.6 is 0 Å². The van der Waals surface area contributed by atoms with Crippen LogP contribution in [-0.4, -0.2) is 23.5 Å². The van der Waals surface area contributed by atoms with Gasteiger partial charge in [0.1, 0.15) is 11.4 Å². The molecule has 1 aliphatic heterocycles. The molecule has 1 aliphatic rings. The summed E-state index contributed by atoms with van der Waals surface area (Å²) < 4.78 is -0.300. The van der Waals surface area contributed by atoms with Crippen molar-refractivity contribution in [3.05, 3.63) is 11.4 Å². The van der Waals surface area contributed by atoms with E-state index in [0.717, 1.165) is 5.70 Å². The standard InChI is InChI=1S/C8H12N2O2/c1-5-6(2)10(4,8(11)12)7(3)9-5/h1-4H3. The molecule has 66 valence electrons. The van der Waals surface area contributed by atoms with Gasteiger partial charge in [0.25, 0.3) is 6.09 Å². The predicted molar refractivity (Wildman–Crippen MR) is 43.1 cm³/mol. The first kappa shape index (κ1) is 8.93. The van der Waals surface area contributed by atoms with Gasteiger partial charge in [-0.3, -0.25) is 0 Å². The van der Waals surface area contributed by atoms with Crippen molar-refractivity contribution in [1.82, 2.24) is 0 Å². The Morgan fingerprint density at radius 3 is 2.08 bits per heavy atom. The smallest absolute Gasteiger partial charge is 0.268 e. The van der Waals surface area contributed by atoms with Gasteiger partial charge in [0.15, 0.2) is 0 Å². The van der Waals surface area contributed by atoms with Crippen molar-refractivity contribution in [2.24, 2.45) is 4.99 Å². The topological polar surface area (TPSA) is 52.5 Å². The van der Waals surface area contributed by atoms with Crippen molar-refractivity contribution >= 4 is 11.9 Å². The number of amidine groups is 1. The normalized spacial score (nSPS) is 29.2. The zero-order chi connectivity index (χ0) is 9.52. The quantitative estimate of drug-likeness (QED) is 0.493. The van der Waals surface area contributed by atoms with Crippen LogP contribution in [0.1, 0.15) is 20.8 Å². The maximum atomic E-state index is 10.8. The summed E-state index contributed by atoms with van der Waals surface area (Å²) in [5.74, 6) is 0.546. The van der Waals surface area contributed by atoms with E-state index in [2.05, 4.69) is 4.99 Å². The zero-order valence-electron chi connectivity index (χ0n) is 7.71. The monoisotopic (exact) mass is 168 g/mol. The third kappa shape index (κ3) is 0.881. The zero-order valence-corrected chi connectivity index (χ0v) is 7.71. The molecule has 1 atom stereocenters. The van der Waals surface area contributed by atoms with E-state index in [4.69, 9.17) is 0 Å². The highest BCUT2D eigenvalue weighted by Crippen LogP contribution is 2.26. The molecule has 0 spiro atoms. The predicted octanol–water partition coefficient (Wildman–Crippen LogP) is 0.460. The first-order valence-electron chi connectivity index (χ1n) is 3.72. The third-order valence-electron chi connectivity index (χ3n) is 2.54. The van der Waals surface area contributed by atoms with Gasteiger partial charge in [-0.2, -0.15) is 4.99 Å². The summed E-state index contributed by atoms with van der Waals surface area (Å²) in [5, 5.41) is 10.8. The van der Waals surface area contributed by atoms with Gasteiger partial charge < -0.3 is 9.90 Å². The molecular formula is C8H12N2O2. The van der Waals surface area contributed by atoms with Crippen LogP contribution in [0.2, 0.25) is 0 Å². The largest absolute Gasteiger partial charge is 0.498 e. The van der Waals surface area contributed by atoms with Crippen molar-refractivity contribution in [2.75, 3.05) is 7.05 Å². The Balaban J connectivity index is 3.25. The van der Waals surface area contributed by atoms with Crippen LogP contribution in [0, 0.1) is 0 Å². The van der Waals surface area contributed by atoms with Gasteiger partial charge in [0, 0.05) is 13.8 Å². The van der Waals surface area contributed by atoms with Gasteiger partial charge in [0.2, 0.25) is 5.84 Å². The van der Waals surface area contributed by atoms with Crippen LogP contribution in [0.5, 0.6) is 0 Å². The second kappa shape index (κ2) is 2.42. The number of carbonyl (C=O) groups is 1. The SMILES string of the molecule is CC1=NC(C)=C(C)[N+]1(C)C(=O)[O-]. The number of rotatable bonds is 0. The summed E-state index contributed by atoms with van der Waals surface area (Å²) in [4.78, 5) is 14.9. The Labute approximate surface area is 71.4 Å². The molecule has 1 amide bonds. The summed E-state index contributed by atoms with van der Waals surface area (Å²) in [6.07, 6.45) is -1.13. The molecular weight excluding hydrogens is 156 g/mol. The number of hydrogen-bond acceptors (Lipinski definition) is 3. The van der Waals surface area contributed by atoms with Crippen LogP contribution in [0.3, 0.4) is 0 Å². The molecule has 12 heavy (non-hydrogen) atoms. The molecule has 1 heterocycles. The number of allylic oxidation sites excluding steroid dienone is 2. The molecule has 0 fully saturated rings. The molecule has 0 aromatic carbocycles. The Morgan fingerprint density at radius 1 is 1.42 bits per heavy atom. The van der Waals surface area contributed by atoms with Crippen molar-refractivity contribution in [2.45, 2.75) is 20.8 Å². The van der Waals surface area contributed by atoms with Crippen molar-refractivity contribution < 1.29 is 14.4 Å². The number of hydrogen-bond donors (Lipinski definition) is 0. The van der Waals surface area contributed by atoms with Crippen LogP contribution in [0.4, 0.5) is 4.79 Å². The molecule has 4 nitrogen and oxygen atoms in total. The number of amides is 1. The molecule has 0 aromatic rings. The molecule has 0 aliphatic carbocycles. The molecule has 1 unspecified atom stereocenters. The van der Waals surface area contributed by atoms with Crippen LogP contribution in [-0.2, 0) is 0 Å². The number of aliphatic imine (C=N–C) groups is 1. The molecule has 0 saturated heterocycles. The fraction of sp³-hybridized carbons (Fsp3) is 0.500. The average molecular weight is 168 g/mol. The Kier molecular flexibility index (Phi) is 1.80. The van der Waals surface area contributed by atoms with E-state index in [9.17, 15) is 9.90 Å². The summed E-state index contributed by atoms with van der Waals surface area (Å²) in [6, 6.07) is 0. The lowest BCUT2D eigenvalue weighted by Crippen LogP contribution is -2.55. The Hall–Kier alpha value is -1.16. The molecule has 0 N–H and O–H groups in total. The van der Waals surface area contributed by atoms with E-state index in [1.807, 2.05) is 0 Å². The van der Waals surface area contributed by atoms with E-state index in [-0.39, 0.29) is 4.48 Å². The van der Waals surface area contributed by atoms with Crippen LogP contribution < -0.4 is 5.11 Å². The van der Waals surface area contributed by atoms with Gasteiger partial charge in [0.05, 0.1) is 7.05 Å². The number of carboxylic acid groups (broad SMARTS) is 1. The molecule has 1 rings (SSSR count). The number of nitrogens with zero attached hydrogens (tertiary/aromatic N) is 2. The first-order valence-corrected chi connectivity index (χ1v) is 3.72. The molecule has 0 aromatic heterocycles. The minimum absolute atomic E-state index is 0.300. The van der Waals surface area contributed by atoms with Crippen LogP contribution in [0.25, 0.3) is 0 Å². The molecule has 0 saturated carbocycles. The lowest BCUT2D eigenvalue weighted by atomic mass is 10.3. The highest BCUT2D eigenvalue weighted by atomic mass is 16.4. The number of carbonyl (C=O) groups excluding carboxylic acids is 1. The minimum Gasteiger partial charge on any atom is -0.498 e. The third-order valence-corrected chi connectivity index (χ3v) is 2.54. The summed E-state index contributed by atoms with van der Waals surface area (Å²) >= 11 is 0. The van der Waals surface area contributed by atoms with E-state index >= 15 is 0 Å². The van der Waals surface area contributed by atoms with Crippen molar-refractivity contribution in [3.8, 4) is 0 Å². The first-order chi connectivity index (χ1) is 5.40. The summed E-state index contributed by atoms with van der Waals surface area (Å²) in [5.41, 5.74) is 1.48.